The van der Waals surface area contributed by atoms with Crippen LogP contribution in [-0.2, 0) is 17.8 Å². The second kappa shape index (κ2) is 7.02. The normalized spacial score (nSPS) is 14.1. The molecule has 6 nitrogen and oxygen atoms in total. The van der Waals surface area contributed by atoms with Crippen molar-refractivity contribution in [1.82, 2.24) is 15.0 Å². The van der Waals surface area contributed by atoms with Crippen LogP contribution in [0.25, 0.3) is 0 Å². The van der Waals surface area contributed by atoms with Crippen molar-refractivity contribution in [1.29, 1.82) is 0 Å². The van der Waals surface area contributed by atoms with Gasteiger partial charge in [-0.2, -0.15) is 0 Å². The average molecular weight is 353 g/mol. The molecule has 0 atom stereocenters. The summed E-state index contributed by atoms with van der Waals surface area (Å²) in [6, 6.07) is 4.07. The zero-order chi connectivity index (χ0) is 18.9. The maximum atomic E-state index is 12.3. The molecule has 3 rings (SSSR count). The van der Waals surface area contributed by atoms with Crippen LogP contribution in [0.3, 0.4) is 0 Å². The van der Waals surface area contributed by atoms with Crippen molar-refractivity contribution in [2.45, 2.75) is 54.0 Å². The molecule has 0 saturated heterocycles. The predicted octanol–water partition coefficient (Wildman–Crippen LogP) is 3.43. The molecule has 26 heavy (non-hydrogen) atoms. The third-order valence-electron chi connectivity index (χ3n) is 4.46. The first-order chi connectivity index (χ1) is 12.2. The molecule has 0 aromatic carbocycles. The van der Waals surface area contributed by atoms with Crippen molar-refractivity contribution in [2.24, 2.45) is 5.41 Å². The number of carbonyl (C=O) groups excluding carboxylic acids is 1. The second-order valence-electron chi connectivity index (χ2n) is 8.14. The van der Waals surface area contributed by atoms with Gasteiger partial charge in [0.2, 0.25) is 11.9 Å². The van der Waals surface area contributed by atoms with Crippen molar-refractivity contribution in [2.75, 3.05) is 16.8 Å². The molecule has 0 spiro atoms. The number of fused-ring (bicyclic) bond motifs is 1. The first kappa shape index (κ1) is 18.3. The molecule has 0 fully saturated rings. The van der Waals surface area contributed by atoms with Crippen molar-refractivity contribution in [3.05, 3.63) is 41.0 Å². The number of hydrogen-bond acceptors (Lipinski definition) is 5. The Hall–Kier alpha value is -2.50. The first-order valence-corrected chi connectivity index (χ1v) is 9.06. The van der Waals surface area contributed by atoms with E-state index >= 15 is 0 Å². The Morgan fingerprint density at radius 3 is 2.58 bits per heavy atom. The van der Waals surface area contributed by atoms with Gasteiger partial charge in [0.1, 0.15) is 0 Å². The molecule has 1 aliphatic heterocycles. The lowest BCUT2D eigenvalue weighted by atomic mass is 9.92. The molecule has 0 aliphatic carbocycles. The highest BCUT2D eigenvalue weighted by atomic mass is 16.1. The Kier molecular flexibility index (Phi) is 4.94. The van der Waals surface area contributed by atoms with Crippen molar-refractivity contribution in [3.63, 3.8) is 0 Å². The summed E-state index contributed by atoms with van der Waals surface area (Å²) < 4.78 is 0. The third kappa shape index (κ3) is 4.18. The fourth-order valence-corrected chi connectivity index (χ4v) is 3.22. The molecular formula is C20H27N5O. The smallest absolute Gasteiger partial charge is 0.226 e. The Morgan fingerprint density at radius 1 is 1.23 bits per heavy atom. The number of carbonyl (C=O) groups is 1. The number of nitrogens with one attached hydrogen (secondary N) is 1. The van der Waals surface area contributed by atoms with Gasteiger partial charge in [0.05, 0.1) is 17.1 Å². The zero-order valence-electron chi connectivity index (χ0n) is 16.3. The topological polar surface area (TPSA) is 71.0 Å². The molecular weight excluding hydrogens is 326 g/mol. The van der Waals surface area contributed by atoms with E-state index in [0.29, 0.717) is 12.4 Å². The van der Waals surface area contributed by atoms with Crippen LogP contribution in [0, 0.1) is 19.3 Å². The molecule has 1 N–H and O–H groups in total. The van der Waals surface area contributed by atoms with Gasteiger partial charge in [-0.25, -0.2) is 9.97 Å². The van der Waals surface area contributed by atoms with Gasteiger partial charge < -0.3 is 10.2 Å². The lowest BCUT2D eigenvalue weighted by Crippen LogP contribution is -2.32. The molecule has 6 heteroatoms. The van der Waals surface area contributed by atoms with E-state index in [1.165, 1.54) is 5.56 Å². The molecule has 1 aliphatic rings. The summed E-state index contributed by atoms with van der Waals surface area (Å²) in [5.41, 5.74) is 4.64. The molecule has 0 unspecified atom stereocenters. The van der Waals surface area contributed by atoms with Gasteiger partial charge in [-0.15, -0.1) is 0 Å². The fraction of sp³-hybridized carbons (Fsp3) is 0.500. The lowest BCUT2D eigenvalue weighted by molar-refractivity contribution is -0.117. The van der Waals surface area contributed by atoms with Crippen molar-refractivity contribution in [3.8, 4) is 0 Å². The maximum Gasteiger partial charge on any atom is 0.226 e. The Morgan fingerprint density at radius 2 is 1.92 bits per heavy atom. The predicted molar refractivity (Wildman–Crippen MR) is 103 cm³/mol. The van der Waals surface area contributed by atoms with Crippen molar-refractivity contribution < 1.29 is 4.79 Å². The monoisotopic (exact) mass is 353 g/mol. The number of rotatable bonds is 3. The molecule has 0 bridgehead atoms. The molecule has 3 heterocycles. The summed E-state index contributed by atoms with van der Waals surface area (Å²) in [6.07, 6.45) is 3.19. The van der Waals surface area contributed by atoms with Crippen LogP contribution in [0.4, 0.5) is 11.6 Å². The van der Waals surface area contributed by atoms with Crippen molar-refractivity contribution >= 4 is 17.5 Å². The number of aryl methyl sites for hydroxylation is 2. The van der Waals surface area contributed by atoms with Crippen LogP contribution in [0.1, 0.15) is 49.8 Å². The highest BCUT2D eigenvalue weighted by Gasteiger charge is 2.22. The summed E-state index contributed by atoms with van der Waals surface area (Å²) in [5.74, 6) is 0.710. The summed E-state index contributed by atoms with van der Waals surface area (Å²) in [6.45, 7) is 11.6. The number of aromatic nitrogens is 3. The van der Waals surface area contributed by atoms with E-state index in [4.69, 9.17) is 0 Å². The van der Waals surface area contributed by atoms with Gasteiger partial charge in [-0.3, -0.25) is 9.78 Å². The largest absolute Gasteiger partial charge is 0.336 e. The molecule has 2 aromatic heterocycles. The van der Waals surface area contributed by atoms with Crippen LogP contribution in [0.2, 0.25) is 0 Å². The average Bonchev–Trinajstić information content (AvgIpc) is 2.56. The van der Waals surface area contributed by atoms with Crippen LogP contribution in [-0.4, -0.2) is 27.4 Å². The van der Waals surface area contributed by atoms with Crippen LogP contribution in [0.15, 0.2) is 18.3 Å². The third-order valence-corrected chi connectivity index (χ3v) is 4.46. The zero-order valence-corrected chi connectivity index (χ0v) is 16.3. The molecule has 138 valence electrons. The van der Waals surface area contributed by atoms with Crippen LogP contribution in [0.5, 0.6) is 0 Å². The fourth-order valence-electron chi connectivity index (χ4n) is 3.22. The molecule has 0 saturated carbocycles. The molecule has 0 radical (unpaired) electrons. The van der Waals surface area contributed by atoms with Crippen LogP contribution < -0.4 is 10.2 Å². The van der Waals surface area contributed by atoms with E-state index in [0.717, 1.165) is 42.3 Å². The summed E-state index contributed by atoms with van der Waals surface area (Å²) >= 11 is 0. The number of nitrogens with zero attached hydrogens (tertiary/aromatic N) is 4. The van der Waals surface area contributed by atoms with Gasteiger partial charge >= 0.3 is 0 Å². The van der Waals surface area contributed by atoms with Gasteiger partial charge in [-0.05, 0) is 30.9 Å². The molecule has 1 amide bonds. The number of amides is 1. The summed E-state index contributed by atoms with van der Waals surface area (Å²) in [5, 5.41) is 2.99. The highest BCUT2D eigenvalue weighted by molar-refractivity contribution is 5.92. The van der Waals surface area contributed by atoms with Crippen LogP contribution >= 0.6 is 0 Å². The lowest BCUT2D eigenvalue weighted by Gasteiger charge is -2.29. The van der Waals surface area contributed by atoms with Gasteiger partial charge in [0.25, 0.3) is 0 Å². The minimum atomic E-state index is -0.0537. The summed E-state index contributed by atoms with van der Waals surface area (Å²) in [4.78, 5) is 28.2. The standard InChI is InChI=1S/C20H27N5O/c1-13-18(24-17(26)11-20(3,4)5)14(2)23-19(22-13)25-10-8-16-15(12-25)7-6-9-21-16/h6-7,9H,8,10-12H2,1-5H3,(H,24,26). The van der Waals surface area contributed by atoms with E-state index in [-0.39, 0.29) is 11.3 Å². The van der Waals surface area contributed by atoms with E-state index in [1.54, 1.807) is 0 Å². The minimum absolute atomic E-state index is 0.00183. The molecule has 2 aromatic rings. The number of anilines is 2. The number of hydrogen-bond donors (Lipinski definition) is 1. The van der Waals surface area contributed by atoms with Gasteiger partial charge in [0.15, 0.2) is 0 Å². The Bertz CT molecular complexity index is 802. The van der Waals surface area contributed by atoms with E-state index in [2.05, 4.69) is 52.0 Å². The SMILES string of the molecule is Cc1nc(N2CCc3ncccc3C2)nc(C)c1NC(=O)CC(C)(C)C. The Labute approximate surface area is 155 Å². The second-order valence-corrected chi connectivity index (χ2v) is 8.14. The highest BCUT2D eigenvalue weighted by Crippen LogP contribution is 2.26. The van der Waals surface area contributed by atoms with Gasteiger partial charge in [-0.1, -0.05) is 26.8 Å². The van der Waals surface area contributed by atoms with E-state index in [1.807, 2.05) is 26.1 Å². The maximum absolute atomic E-state index is 12.3. The minimum Gasteiger partial charge on any atom is -0.336 e. The summed E-state index contributed by atoms with van der Waals surface area (Å²) in [7, 11) is 0. The first-order valence-electron chi connectivity index (χ1n) is 9.06. The van der Waals surface area contributed by atoms with Gasteiger partial charge in [0, 0.05) is 37.8 Å². The number of pyridine rings is 1. The quantitative estimate of drug-likeness (QED) is 0.915. The van der Waals surface area contributed by atoms with E-state index in [9.17, 15) is 4.79 Å². The Balaban J connectivity index is 1.79. The van der Waals surface area contributed by atoms with E-state index < -0.39 is 0 Å².